The molecule has 0 aliphatic heterocycles. The molecule has 0 unspecified atom stereocenters. The van der Waals surface area contributed by atoms with Crippen molar-refractivity contribution in [1.82, 2.24) is 9.38 Å². The van der Waals surface area contributed by atoms with Crippen LogP contribution in [0.4, 0.5) is 0 Å². The third-order valence-corrected chi connectivity index (χ3v) is 3.91. The maximum atomic E-state index is 12.2. The third kappa shape index (κ3) is 4.27. The number of hydrogen-bond donors (Lipinski definition) is 0. The quantitative estimate of drug-likeness (QED) is 0.638. The van der Waals surface area contributed by atoms with E-state index in [2.05, 4.69) is 4.98 Å². The van der Waals surface area contributed by atoms with E-state index < -0.39 is 5.97 Å². The molecule has 0 N–H and O–H groups in total. The van der Waals surface area contributed by atoms with Gasteiger partial charge in [0.2, 0.25) is 0 Å². The van der Waals surface area contributed by atoms with Crippen molar-refractivity contribution in [1.29, 1.82) is 0 Å². The van der Waals surface area contributed by atoms with E-state index in [1.54, 1.807) is 6.07 Å². The fourth-order valence-electron chi connectivity index (χ4n) is 2.55. The van der Waals surface area contributed by atoms with Gasteiger partial charge in [-0.15, -0.1) is 0 Å². The van der Waals surface area contributed by atoms with Gasteiger partial charge in [0, 0.05) is 11.8 Å². The molecule has 0 aliphatic carbocycles. The van der Waals surface area contributed by atoms with Gasteiger partial charge < -0.3 is 9.47 Å². The summed E-state index contributed by atoms with van der Waals surface area (Å²) in [6.45, 7) is 4.02. The summed E-state index contributed by atoms with van der Waals surface area (Å²) in [5.74, 6) is 0.311. The Morgan fingerprint density at radius 3 is 2.65 bits per heavy atom. The number of pyridine rings is 1. The molecule has 3 rings (SSSR count). The van der Waals surface area contributed by atoms with E-state index in [9.17, 15) is 9.59 Å². The average Bonchev–Trinajstić information content (AvgIpc) is 2.61. The van der Waals surface area contributed by atoms with Gasteiger partial charge in [-0.25, -0.2) is 4.98 Å². The summed E-state index contributed by atoms with van der Waals surface area (Å²) >= 11 is 0. The van der Waals surface area contributed by atoms with Crippen molar-refractivity contribution in [3.63, 3.8) is 0 Å². The monoisotopic (exact) mass is 352 g/mol. The highest BCUT2D eigenvalue weighted by Crippen LogP contribution is 2.11. The normalized spacial score (nSPS) is 10.7. The summed E-state index contributed by atoms with van der Waals surface area (Å²) in [6.07, 6.45) is 0.125. The maximum Gasteiger partial charge on any atom is 0.309 e. The van der Waals surface area contributed by atoms with Crippen molar-refractivity contribution in [3.05, 3.63) is 75.8 Å². The molecule has 134 valence electrons. The first-order valence-electron chi connectivity index (χ1n) is 8.36. The molecule has 1 aromatic carbocycles. The summed E-state index contributed by atoms with van der Waals surface area (Å²) in [7, 11) is 0. The number of carbonyl (C=O) groups is 1. The van der Waals surface area contributed by atoms with Gasteiger partial charge in [0.1, 0.15) is 18.0 Å². The number of esters is 1. The van der Waals surface area contributed by atoms with E-state index in [4.69, 9.17) is 9.47 Å². The summed E-state index contributed by atoms with van der Waals surface area (Å²) in [6, 6.07) is 14.4. The molecule has 0 aliphatic rings. The van der Waals surface area contributed by atoms with Crippen molar-refractivity contribution < 1.29 is 14.3 Å². The van der Waals surface area contributed by atoms with Crippen LogP contribution in [0, 0.1) is 13.8 Å². The van der Waals surface area contributed by atoms with E-state index in [-0.39, 0.29) is 25.2 Å². The van der Waals surface area contributed by atoms with Gasteiger partial charge in [0.25, 0.3) is 5.56 Å². The molecule has 0 saturated carbocycles. The molecule has 0 amide bonds. The second kappa shape index (κ2) is 7.82. The van der Waals surface area contributed by atoms with Crippen molar-refractivity contribution >= 4 is 11.6 Å². The van der Waals surface area contributed by atoms with Gasteiger partial charge in [0.05, 0.1) is 18.7 Å². The van der Waals surface area contributed by atoms with Crippen LogP contribution in [0.2, 0.25) is 0 Å². The Morgan fingerprint density at radius 2 is 1.88 bits per heavy atom. The van der Waals surface area contributed by atoms with E-state index in [0.29, 0.717) is 17.1 Å². The molecule has 6 nitrogen and oxygen atoms in total. The number of aromatic nitrogens is 2. The second-order valence-corrected chi connectivity index (χ2v) is 6.02. The summed E-state index contributed by atoms with van der Waals surface area (Å²) in [4.78, 5) is 28.4. The minimum absolute atomic E-state index is 0.0386. The zero-order valence-electron chi connectivity index (χ0n) is 14.8. The fraction of sp³-hybridized carbons (Fsp3) is 0.250. The number of carbonyl (C=O) groups excluding carboxylic acids is 1. The molecule has 0 fully saturated rings. The van der Waals surface area contributed by atoms with Gasteiger partial charge in [-0.1, -0.05) is 23.8 Å². The number of rotatable bonds is 6. The van der Waals surface area contributed by atoms with Crippen LogP contribution in [0.25, 0.3) is 5.65 Å². The SMILES string of the molecule is Cc1ccc(OCCC(=O)OCc2cc(=O)n3c(C)cccc3n2)cc1. The summed E-state index contributed by atoms with van der Waals surface area (Å²) < 4.78 is 12.2. The molecule has 0 spiro atoms. The predicted molar refractivity (Wildman–Crippen MR) is 97.3 cm³/mol. The Kier molecular flexibility index (Phi) is 5.31. The first-order valence-corrected chi connectivity index (χ1v) is 8.36. The van der Waals surface area contributed by atoms with Crippen LogP contribution < -0.4 is 10.3 Å². The first-order chi connectivity index (χ1) is 12.5. The van der Waals surface area contributed by atoms with Gasteiger partial charge in [-0.3, -0.25) is 14.0 Å². The van der Waals surface area contributed by atoms with Gasteiger partial charge in [0.15, 0.2) is 0 Å². The van der Waals surface area contributed by atoms with Crippen molar-refractivity contribution in [3.8, 4) is 5.75 Å². The largest absolute Gasteiger partial charge is 0.493 e. The molecule has 2 aromatic heterocycles. The lowest BCUT2D eigenvalue weighted by Gasteiger charge is -2.08. The molecule has 2 heterocycles. The highest BCUT2D eigenvalue weighted by Gasteiger charge is 2.08. The molecule has 3 aromatic rings. The molecule has 26 heavy (non-hydrogen) atoms. The first kappa shape index (κ1) is 17.7. The molecule has 0 radical (unpaired) electrons. The van der Waals surface area contributed by atoms with Gasteiger partial charge in [-0.2, -0.15) is 0 Å². The van der Waals surface area contributed by atoms with Crippen molar-refractivity contribution in [2.24, 2.45) is 0 Å². The summed E-state index contributed by atoms with van der Waals surface area (Å²) in [5.41, 5.74) is 2.71. The Hall–Kier alpha value is -3.15. The maximum absolute atomic E-state index is 12.2. The van der Waals surface area contributed by atoms with Gasteiger partial charge >= 0.3 is 5.97 Å². The average molecular weight is 352 g/mol. The Bertz CT molecular complexity index is 977. The second-order valence-electron chi connectivity index (χ2n) is 6.02. The third-order valence-electron chi connectivity index (χ3n) is 3.91. The summed E-state index contributed by atoms with van der Waals surface area (Å²) in [5, 5.41) is 0. The van der Waals surface area contributed by atoms with Gasteiger partial charge in [-0.05, 0) is 38.1 Å². The number of aryl methyl sites for hydroxylation is 2. The molecule has 6 heteroatoms. The van der Waals surface area contributed by atoms with E-state index in [1.807, 2.05) is 50.2 Å². The van der Waals surface area contributed by atoms with Crippen molar-refractivity contribution in [2.45, 2.75) is 26.9 Å². The lowest BCUT2D eigenvalue weighted by Crippen LogP contribution is -2.18. The number of hydrogen-bond acceptors (Lipinski definition) is 5. The Morgan fingerprint density at radius 1 is 1.12 bits per heavy atom. The van der Waals surface area contributed by atoms with E-state index in [1.165, 1.54) is 10.5 Å². The number of benzene rings is 1. The van der Waals surface area contributed by atoms with Crippen molar-refractivity contribution in [2.75, 3.05) is 6.61 Å². The topological polar surface area (TPSA) is 69.9 Å². The van der Waals surface area contributed by atoms with Crippen LogP contribution >= 0.6 is 0 Å². The van der Waals surface area contributed by atoms with Crippen LogP contribution in [0.3, 0.4) is 0 Å². The highest BCUT2D eigenvalue weighted by atomic mass is 16.5. The molecular formula is C20H20N2O4. The van der Waals surface area contributed by atoms with Crippen LogP contribution in [-0.2, 0) is 16.1 Å². The minimum Gasteiger partial charge on any atom is -0.493 e. The smallest absolute Gasteiger partial charge is 0.309 e. The molecular weight excluding hydrogens is 332 g/mol. The lowest BCUT2D eigenvalue weighted by atomic mass is 10.2. The number of nitrogens with zero attached hydrogens (tertiary/aromatic N) is 2. The number of fused-ring (bicyclic) bond motifs is 1. The zero-order valence-corrected chi connectivity index (χ0v) is 14.8. The molecule has 0 saturated heterocycles. The fourth-order valence-corrected chi connectivity index (χ4v) is 2.55. The predicted octanol–water partition coefficient (Wildman–Crippen LogP) is 2.82. The Balaban J connectivity index is 1.53. The highest BCUT2D eigenvalue weighted by molar-refractivity contribution is 5.69. The van der Waals surface area contributed by atoms with E-state index in [0.717, 1.165) is 11.3 Å². The number of ether oxygens (including phenoxy) is 2. The van der Waals surface area contributed by atoms with E-state index >= 15 is 0 Å². The standard InChI is InChI=1S/C20H20N2O4/c1-14-6-8-17(9-7-14)25-11-10-20(24)26-13-16-12-19(23)22-15(2)4-3-5-18(22)21-16/h3-9,12H,10-11,13H2,1-2H3. The van der Waals surface area contributed by atoms with Crippen LogP contribution in [0.15, 0.2) is 53.3 Å². The van der Waals surface area contributed by atoms with Crippen LogP contribution in [-0.4, -0.2) is 22.0 Å². The lowest BCUT2D eigenvalue weighted by molar-refractivity contribution is -0.145. The van der Waals surface area contributed by atoms with Crippen LogP contribution in [0.5, 0.6) is 5.75 Å². The van der Waals surface area contributed by atoms with Crippen LogP contribution in [0.1, 0.15) is 23.4 Å². The molecule has 0 bridgehead atoms. The molecule has 0 atom stereocenters. The minimum atomic E-state index is -0.400. The Labute approximate surface area is 151 Å². The zero-order chi connectivity index (χ0) is 18.5.